The van der Waals surface area contributed by atoms with E-state index in [0.717, 1.165) is 17.8 Å². The lowest BCUT2D eigenvalue weighted by atomic mass is 10.1. The second-order valence-electron chi connectivity index (χ2n) is 4.66. The molecule has 1 aromatic carbocycles. The van der Waals surface area contributed by atoms with E-state index in [1.54, 1.807) is 13.8 Å². The van der Waals surface area contributed by atoms with Crippen LogP contribution in [-0.2, 0) is 0 Å². The number of non-ortho nitro benzene ring substituents is 1. The van der Waals surface area contributed by atoms with Gasteiger partial charge in [0.05, 0.1) is 10.5 Å². The summed E-state index contributed by atoms with van der Waals surface area (Å²) in [5.41, 5.74) is 0.784. The summed E-state index contributed by atoms with van der Waals surface area (Å²) in [5.74, 6) is -1.31. The Kier molecular flexibility index (Phi) is 3.70. The molecular weight excluding hydrogens is 279 g/mol. The van der Waals surface area contributed by atoms with E-state index in [2.05, 4.69) is 15.5 Å². The molecule has 0 atom stereocenters. The van der Waals surface area contributed by atoms with Crippen LogP contribution in [-0.4, -0.2) is 21.0 Å². The molecule has 0 saturated carbocycles. The third-order valence-electron chi connectivity index (χ3n) is 3.18. The third-order valence-corrected chi connectivity index (χ3v) is 3.18. The molecule has 21 heavy (non-hydrogen) atoms. The van der Waals surface area contributed by atoms with Crippen LogP contribution in [0.2, 0.25) is 0 Å². The molecule has 1 aromatic heterocycles. The number of nitrogens with one attached hydrogen (secondary N) is 2. The fourth-order valence-corrected chi connectivity index (χ4v) is 1.80. The molecule has 0 aliphatic heterocycles. The highest BCUT2D eigenvalue weighted by molar-refractivity contribution is 6.04. The number of halogens is 1. The Hall–Kier alpha value is -2.77. The summed E-state index contributed by atoms with van der Waals surface area (Å²) in [5, 5.41) is 19.8. The summed E-state index contributed by atoms with van der Waals surface area (Å²) in [4.78, 5) is 22.2. The molecule has 1 amide bonds. The highest BCUT2D eigenvalue weighted by Crippen LogP contribution is 2.22. The summed E-state index contributed by atoms with van der Waals surface area (Å²) in [6.07, 6.45) is 0. The highest BCUT2D eigenvalue weighted by Gasteiger charge is 2.21. The van der Waals surface area contributed by atoms with Crippen LogP contribution >= 0.6 is 0 Å². The van der Waals surface area contributed by atoms with Crippen molar-refractivity contribution >= 4 is 17.4 Å². The molecule has 2 aromatic rings. The van der Waals surface area contributed by atoms with Gasteiger partial charge in [-0.3, -0.25) is 20.0 Å². The van der Waals surface area contributed by atoms with Crippen LogP contribution in [0.3, 0.4) is 0 Å². The second kappa shape index (κ2) is 5.31. The lowest BCUT2D eigenvalue weighted by Crippen LogP contribution is -2.16. The number of carbonyl (C=O) groups excluding carboxylic acids is 1. The van der Waals surface area contributed by atoms with Crippen molar-refractivity contribution in [3.05, 3.63) is 50.4 Å². The number of nitro groups is 1. The van der Waals surface area contributed by atoms with Gasteiger partial charge in [-0.15, -0.1) is 0 Å². The van der Waals surface area contributed by atoms with Crippen molar-refractivity contribution in [1.29, 1.82) is 0 Å². The molecule has 0 saturated heterocycles. The van der Waals surface area contributed by atoms with Crippen LogP contribution in [0.25, 0.3) is 0 Å². The number of anilines is 1. The lowest BCUT2D eigenvalue weighted by Gasteiger charge is -2.06. The minimum absolute atomic E-state index is 0.0317. The molecule has 0 aliphatic carbocycles. The predicted molar refractivity (Wildman–Crippen MR) is 73.8 cm³/mol. The molecule has 2 N–H and O–H groups in total. The largest absolute Gasteiger partial charge is 0.305 e. The quantitative estimate of drug-likeness (QED) is 0.670. The van der Waals surface area contributed by atoms with Crippen LogP contribution in [0.4, 0.5) is 15.9 Å². The van der Waals surface area contributed by atoms with Gasteiger partial charge in [0.1, 0.15) is 5.82 Å². The van der Waals surface area contributed by atoms with Crippen molar-refractivity contribution in [2.75, 3.05) is 5.32 Å². The molecule has 0 unspecified atom stereocenters. The number of nitro benzene ring substituents is 1. The number of nitrogens with zero attached hydrogens (tertiary/aromatic N) is 2. The first-order valence-corrected chi connectivity index (χ1v) is 6.08. The SMILES string of the molecule is Cc1cc([N+](=O)[O-])cc(C(=O)Nc2n[nH]c(C)c2C)c1F. The molecule has 0 spiro atoms. The van der Waals surface area contributed by atoms with Gasteiger partial charge < -0.3 is 5.32 Å². The first kappa shape index (κ1) is 14.6. The van der Waals surface area contributed by atoms with E-state index >= 15 is 0 Å². The van der Waals surface area contributed by atoms with Gasteiger partial charge in [0, 0.05) is 23.4 Å². The first-order chi connectivity index (χ1) is 9.81. The van der Waals surface area contributed by atoms with Crippen molar-refractivity contribution in [2.24, 2.45) is 0 Å². The van der Waals surface area contributed by atoms with Gasteiger partial charge in [-0.2, -0.15) is 5.10 Å². The van der Waals surface area contributed by atoms with Gasteiger partial charge in [-0.1, -0.05) is 0 Å². The van der Waals surface area contributed by atoms with Crippen LogP contribution < -0.4 is 5.32 Å². The zero-order chi connectivity index (χ0) is 15.7. The maximum Gasteiger partial charge on any atom is 0.270 e. The molecule has 0 bridgehead atoms. The standard InChI is InChI=1S/C13H13FN4O3/c1-6-4-9(18(20)21)5-10(11(6)14)13(19)15-12-7(2)8(3)16-17-12/h4-5H,1-3H3,(H2,15,16,17,19). The minimum Gasteiger partial charge on any atom is -0.305 e. The number of carbonyl (C=O) groups is 1. The zero-order valence-corrected chi connectivity index (χ0v) is 11.7. The van der Waals surface area contributed by atoms with Crippen LogP contribution in [0.15, 0.2) is 12.1 Å². The number of amides is 1. The van der Waals surface area contributed by atoms with Crippen molar-refractivity contribution < 1.29 is 14.1 Å². The summed E-state index contributed by atoms with van der Waals surface area (Å²) in [6.45, 7) is 4.88. The van der Waals surface area contributed by atoms with Gasteiger partial charge in [-0.25, -0.2) is 4.39 Å². The average Bonchev–Trinajstić information content (AvgIpc) is 2.73. The van der Waals surface area contributed by atoms with Crippen molar-refractivity contribution in [1.82, 2.24) is 10.2 Å². The van der Waals surface area contributed by atoms with Crippen molar-refractivity contribution in [3.63, 3.8) is 0 Å². The Morgan fingerprint density at radius 1 is 1.38 bits per heavy atom. The van der Waals surface area contributed by atoms with Gasteiger partial charge in [0.15, 0.2) is 5.82 Å². The summed E-state index contributed by atoms with van der Waals surface area (Å²) in [7, 11) is 0. The summed E-state index contributed by atoms with van der Waals surface area (Å²) < 4.78 is 14.0. The maximum atomic E-state index is 14.0. The Bertz CT molecular complexity index is 739. The van der Waals surface area contributed by atoms with E-state index in [1.165, 1.54) is 6.92 Å². The van der Waals surface area contributed by atoms with Crippen LogP contribution in [0.5, 0.6) is 0 Å². The van der Waals surface area contributed by atoms with Gasteiger partial charge in [0.25, 0.3) is 11.6 Å². The zero-order valence-electron chi connectivity index (χ0n) is 11.7. The van der Waals surface area contributed by atoms with E-state index < -0.39 is 16.6 Å². The van der Waals surface area contributed by atoms with Gasteiger partial charge in [-0.05, 0) is 26.3 Å². The molecule has 2 rings (SSSR count). The number of H-pyrrole nitrogens is 1. The Labute approximate surface area is 119 Å². The van der Waals surface area contributed by atoms with Crippen molar-refractivity contribution in [3.8, 4) is 0 Å². The summed E-state index contributed by atoms with van der Waals surface area (Å²) >= 11 is 0. The molecule has 0 fully saturated rings. The van der Waals surface area contributed by atoms with Gasteiger partial charge >= 0.3 is 0 Å². The minimum atomic E-state index is -0.789. The van der Waals surface area contributed by atoms with E-state index in [-0.39, 0.29) is 22.6 Å². The predicted octanol–water partition coefficient (Wildman–Crippen LogP) is 2.63. The molecular formula is C13H13FN4O3. The Morgan fingerprint density at radius 2 is 2.05 bits per heavy atom. The van der Waals surface area contributed by atoms with Gasteiger partial charge in [0.2, 0.25) is 0 Å². The number of aromatic amines is 1. The Balaban J connectivity index is 2.39. The van der Waals surface area contributed by atoms with E-state index in [9.17, 15) is 19.3 Å². The third kappa shape index (κ3) is 2.73. The molecule has 0 aliphatic rings. The van der Waals surface area contributed by atoms with Crippen LogP contribution in [0, 0.1) is 36.7 Å². The molecule has 1 heterocycles. The molecule has 110 valence electrons. The fraction of sp³-hybridized carbons (Fsp3) is 0.231. The topological polar surface area (TPSA) is 101 Å². The smallest absolute Gasteiger partial charge is 0.270 e. The number of rotatable bonds is 3. The van der Waals surface area contributed by atoms with E-state index in [4.69, 9.17) is 0 Å². The number of hydrogen-bond donors (Lipinski definition) is 2. The lowest BCUT2D eigenvalue weighted by molar-refractivity contribution is -0.385. The number of benzene rings is 1. The molecule has 8 heteroatoms. The number of hydrogen-bond acceptors (Lipinski definition) is 4. The first-order valence-electron chi connectivity index (χ1n) is 6.08. The van der Waals surface area contributed by atoms with E-state index in [0.29, 0.717) is 5.56 Å². The second-order valence-corrected chi connectivity index (χ2v) is 4.66. The highest BCUT2D eigenvalue weighted by atomic mass is 19.1. The summed E-state index contributed by atoms with van der Waals surface area (Å²) in [6, 6.07) is 1.99. The number of aryl methyl sites for hydroxylation is 2. The fourth-order valence-electron chi connectivity index (χ4n) is 1.80. The molecule has 0 radical (unpaired) electrons. The maximum absolute atomic E-state index is 14.0. The monoisotopic (exact) mass is 292 g/mol. The van der Waals surface area contributed by atoms with Crippen molar-refractivity contribution in [2.45, 2.75) is 20.8 Å². The van der Waals surface area contributed by atoms with Crippen LogP contribution in [0.1, 0.15) is 27.2 Å². The average molecular weight is 292 g/mol. The number of aromatic nitrogens is 2. The van der Waals surface area contributed by atoms with E-state index in [1.807, 2.05) is 0 Å². The normalized spacial score (nSPS) is 10.5. The molecule has 7 nitrogen and oxygen atoms in total. The Morgan fingerprint density at radius 3 is 2.57 bits per heavy atom.